The quantitative estimate of drug-likeness (QED) is 0.0296. The number of hydrogen-bond acceptors (Lipinski definition) is 47. The van der Waals surface area contributed by atoms with Crippen LogP contribution < -0.4 is 16.0 Å². The fourth-order valence-corrected chi connectivity index (χ4v) is 29.5. The van der Waals surface area contributed by atoms with Crippen LogP contribution in [0.25, 0.3) is 0 Å². The Labute approximate surface area is 831 Å². The Hall–Kier alpha value is 0.0719. The van der Waals surface area contributed by atoms with Crippen LogP contribution in [0.5, 0.6) is 0 Å². The molecule has 56 heteroatoms. The molecule has 0 aliphatic heterocycles. The smallest absolute Gasteiger partial charge is 0.389 e. The van der Waals surface area contributed by atoms with Gasteiger partial charge >= 0.3 is 79.2 Å². The maximum Gasteiger partial charge on any atom is 0.500 e. The minimum absolute atomic E-state index is 0.0923. The maximum atomic E-state index is 11.1. The molecular formula is C81H192N6O41Si9. The van der Waals surface area contributed by atoms with Gasteiger partial charge in [-0.15, -0.1) is 0 Å². The first-order chi connectivity index (χ1) is 65.8. The summed E-state index contributed by atoms with van der Waals surface area (Å²) in [7, 11) is 18.7. The Kier molecular flexibility index (Phi) is 90.6. The van der Waals surface area contributed by atoms with Crippen LogP contribution in [0, 0.1) is 0 Å². The minimum Gasteiger partial charge on any atom is -0.389 e. The summed E-state index contributed by atoms with van der Waals surface area (Å²) >= 11 is 0. The first-order valence-electron chi connectivity index (χ1n) is 46.7. The Morgan fingerprint density at radius 1 is 0.175 bits per heavy atom. The maximum absolute atomic E-state index is 11.1. The van der Waals surface area contributed by atoms with Gasteiger partial charge < -0.3 is 204 Å². The zero-order chi connectivity index (χ0) is 104. The van der Waals surface area contributed by atoms with Crippen molar-refractivity contribution >= 4 is 79.2 Å². The number of aliphatic hydroxyl groups is 7. The number of aliphatic hydroxyl groups excluding tert-OH is 7. The monoisotopic (exact) mass is 2160 g/mol. The lowest BCUT2D eigenvalue weighted by atomic mass is 10.2. The van der Waals surface area contributed by atoms with Gasteiger partial charge in [0.1, 0.15) is 0 Å². The van der Waals surface area contributed by atoms with Gasteiger partial charge in [0.15, 0.2) is 0 Å². The van der Waals surface area contributed by atoms with E-state index < -0.39 is 122 Å². The summed E-state index contributed by atoms with van der Waals surface area (Å²) < 4.78 is 187. The molecule has 0 amide bonds. The molecule has 0 aliphatic carbocycles. The Morgan fingerprint density at radius 2 is 0.321 bits per heavy atom. The third kappa shape index (κ3) is 64.3. The van der Waals surface area contributed by atoms with Gasteiger partial charge in [-0.3, -0.25) is 14.7 Å². The summed E-state index contributed by atoms with van der Waals surface area (Å²) in [5.74, 6) is 0. The molecule has 7 unspecified atom stereocenters. The Bertz CT molecular complexity index is 2470. The lowest BCUT2D eigenvalue weighted by Gasteiger charge is -2.32. The lowest BCUT2D eigenvalue weighted by Crippen LogP contribution is -2.47. The van der Waals surface area contributed by atoms with Gasteiger partial charge in [0.25, 0.3) is 0 Å². The van der Waals surface area contributed by atoms with E-state index >= 15 is 0 Å². The summed E-state index contributed by atoms with van der Waals surface area (Å²) in [6.07, 6.45) is 1.25. The third-order valence-electron chi connectivity index (χ3n) is 22.7. The van der Waals surface area contributed by atoms with Crippen LogP contribution in [0.2, 0.25) is 54.4 Å². The van der Waals surface area contributed by atoms with Crippen molar-refractivity contribution in [1.29, 1.82) is 0 Å². The van der Waals surface area contributed by atoms with E-state index in [0.717, 1.165) is 19.3 Å². The van der Waals surface area contributed by atoms with E-state index in [1.807, 2.05) is 4.90 Å². The molecule has 7 atom stereocenters. The van der Waals surface area contributed by atoms with E-state index in [1.54, 1.807) is 192 Å². The van der Waals surface area contributed by atoms with Crippen LogP contribution >= 0.6 is 0 Å². The highest BCUT2D eigenvalue weighted by Gasteiger charge is 2.44. The highest BCUT2D eigenvalue weighted by molar-refractivity contribution is 6.63. The molecule has 0 saturated heterocycles. The van der Waals surface area contributed by atoms with Crippen molar-refractivity contribution in [2.45, 2.75) is 155 Å². The fraction of sp³-hybridized carbons (Fsp3) is 1.00. The zero-order valence-corrected chi connectivity index (χ0v) is 97.6. The molecule has 828 valence electrons. The van der Waals surface area contributed by atoms with Crippen molar-refractivity contribution in [3.05, 3.63) is 0 Å². The summed E-state index contributed by atoms with van der Waals surface area (Å²) in [4.78, 5) is 6.26. The van der Waals surface area contributed by atoms with E-state index in [0.29, 0.717) is 224 Å². The second kappa shape index (κ2) is 87.9. The zero-order valence-electron chi connectivity index (χ0n) is 88.6. The summed E-state index contributed by atoms with van der Waals surface area (Å²) in [6, 6.07) is 5.54. The molecule has 47 nitrogen and oxygen atoms in total. The molecule has 0 aliphatic rings. The standard InChI is InChI=1S/C35H82N2O18Si4.C26H62N2O13Si3.C20H48N2O10Si2/c1-41-56(42-2,43-3)23-13-17-36(27-33(38)30-53-20-14-24-57(44-4,45-5)46-6)18-19-37(28-34(39)31-54-21-15-25-58(47-7,48-8)49-9)29-35(40)32-55-22-16-26-59(50-10,51-11)52-12;1-31-42(32-2,33-3)18-10-14-28(22-26(30)24-41-17-12-20-44(37-7,38-8)39-9)15-13-27-21-25(29)23-40-16-11-19-43(34-4,35-5)36-6;1-25-33(26-2,27-3)13-7-11-31-17-19(23)15-21-9-10-22-16-20(24)18-32-12-8-14-34(28-4,29-5)30-6/h33-35,38-40H,13-32H2,1-12H3;25-27,29-30H,10-24H2,1-9H3;19-24H,7-18H2,1-6H3. The molecule has 0 fully saturated rings. The lowest BCUT2D eigenvalue weighted by molar-refractivity contribution is -0.0154. The summed E-state index contributed by atoms with van der Waals surface area (Å²) in [5.41, 5.74) is 0. The number of ether oxygens (including phenoxy) is 7. The van der Waals surface area contributed by atoms with Crippen molar-refractivity contribution < 1.29 is 188 Å². The van der Waals surface area contributed by atoms with Crippen LogP contribution in [0.3, 0.4) is 0 Å². The van der Waals surface area contributed by atoms with Crippen LogP contribution in [0.4, 0.5) is 0 Å². The number of nitrogens with zero attached hydrogens (tertiary/aromatic N) is 3. The molecule has 0 rings (SSSR count). The molecule has 0 aromatic carbocycles. The van der Waals surface area contributed by atoms with E-state index in [9.17, 15) is 35.7 Å². The fourth-order valence-electron chi connectivity index (χ4n) is 14.2. The average Bonchev–Trinajstić information content (AvgIpc) is 1.56. The highest BCUT2D eigenvalue weighted by Crippen LogP contribution is 2.24. The number of hydrogen-bond donors (Lipinski definition) is 10. The van der Waals surface area contributed by atoms with Crippen LogP contribution in [-0.2, 0) is 153 Å². The van der Waals surface area contributed by atoms with Gasteiger partial charge in [0.05, 0.1) is 89.0 Å². The highest BCUT2D eigenvalue weighted by atomic mass is 28.4. The van der Waals surface area contributed by atoms with Crippen LogP contribution in [0.1, 0.15) is 57.8 Å². The SMILES string of the molecule is CO[Si](CCCOCC(O)CN(CCC[Si](OC)(OC)OC)CCN(CC(O)COCCC[Si](OC)(OC)OC)CC(O)COCCC[Si](OC)(OC)OC)(OC)OC.CO[Si](CCCOCC(O)CNCCN(CCC[Si](OC)(OC)OC)CC(O)COCCC[Si](OC)(OC)OC)(OC)OC.CO[Si](CCCOCC(O)CNCCNCC(O)COCCC[Si](OC)(OC)OC)(OC)OC. The van der Waals surface area contributed by atoms with E-state index in [1.165, 1.54) is 0 Å². The molecule has 0 radical (unpaired) electrons. The first-order valence-corrected chi connectivity index (χ1v) is 64.1. The van der Waals surface area contributed by atoms with Gasteiger partial charge in [-0.25, -0.2) is 0 Å². The van der Waals surface area contributed by atoms with Crippen LogP contribution in [-0.4, -0.2) is 555 Å². The molecule has 0 aromatic rings. The van der Waals surface area contributed by atoms with Crippen molar-refractivity contribution in [2.75, 3.05) is 383 Å². The van der Waals surface area contributed by atoms with Gasteiger partial charge in [0.2, 0.25) is 0 Å². The average molecular weight is 2160 g/mol. The van der Waals surface area contributed by atoms with Crippen molar-refractivity contribution in [3.63, 3.8) is 0 Å². The predicted molar refractivity (Wildman–Crippen MR) is 532 cm³/mol. The van der Waals surface area contributed by atoms with Crippen molar-refractivity contribution in [1.82, 2.24) is 30.7 Å². The van der Waals surface area contributed by atoms with E-state index in [2.05, 4.69) is 25.8 Å². The second-order valence-electron chi connectivity index (χ2n) is 31.7. The second-order valence-corrected chi connectivity index (χ2v) is 59.5. The van der Waals surface area contributed by atoms with Gasteiger partial charge in [0, 0.05) is 378 Å². The topological polar surface area (TPSA) is 501 Å². The van der Waals surface area contributed by atoms with Gasteiger partial charge in [-0.2, -0.15) is 0 Å². The molecule has 137 heavy (non-hydrogen) atoms. The Balaban J connectivity index is -0.00000205. The van der Waals surface area contributed by atoms with Gasteiger partial charge in [-0.05, 0) is 70.9 Å². The summed E-state index contributed by atoms with van der Waals surface area (Å²) in [6.45, 7) is 11.7. The molecule has 10 N–H and O–H groups in total. The van der Waals surface area contributed by atoms with Crippen molar-refractivity contribution in [2.24, 2.45) is 0 Å². The minimum atomic E-state index is -2.82. The number of rotatable bonds is 100. The molecule has 0 bridgehead atoms. The third-order valence-corrected chi connectivity index (χ3v) is 48.2. The van der Waals surface area contributed by atoms with Crippen LogP contribution in [0.15, 0.2) is 0 Å². The van der Waals surface area contributed by atoms with Crippen molar-refractivity contribution in [3.8, 4) is 0 Å². The van der Waals surface area contributed by atoms with E-state index in [4.69, 9.17) is 153 Å². The Morgan fingerprint density at radius 3 is 0.504 bits per heavy atom. The summed E-state index contributed by atoms with van der Waals surface area (Å²) in [5, 5.41) is 83.8. The van der Waals surface area contributed by atoms with E-state index in [-0.39, 0.29) is 59.3 Å². The molecule has 0 spiro atoms. The normalized spacial score (nSPS) is 14.6. The largest absolute Gasteiger partial charge is 0.500 e. The predicted octanol–water partition coefficient (Wildman–Crippen LogP) is 0.690. The molecule has 0 aromatic heterocycles. The van der Waals surface area contributed by atoms with Gasteiger partial charge in [-0.1, -0.05) is 0 Å². The first kappa shape index (κ1) is 141. The molecule has 0 saturated carbocycles. The number of nitrogens with one attached hydrogen (secondary N) is 3. The molecular weight excluding hydrogens is 1970 g/mol. The molecule has 0 heterocycles.